The lowest BCUT2D eigenvalue weighted by atomic mass is 9.94. The van der Waals surface area contributed by atoms with Crippen LogP contribution in [0.2, 0.25) is 0 Å². The van der Waals surface area contributed by atoms with Gasteiger partial charge in [-0.05, 0) is 25.3 Å². The highest BCUT2D eigenvalue weighted by Gasteiger charge is 2.20. The van der Waals surface area contributed by atoms with Crippen molar-refractivity contribution in [2.24, 2.45) is 5.16 Å². The van der Waals surface area contributed by atoms with Crippen LogP contribution in [0.1, 0.15) is 24.1 Å². The van der Waals surface area contributed by atoms with Crippen molar-refractivity contribution in [1.82, 2.24) is 4.98 Å². The maximum absolute atomic E-state index is 8.99. The van der Waals surface area contributed by atoms with Crippen LogP contribution >= 0.6 is 0 Å². The molecule has 0 fully saturated rings. The minimum atomic E-state index is 0.814. The third-order valence-electron chi connectivity index (χ3n) is 3.03. The number of aromatic nitrogens is 1. The van der Waals surface area contributed by atoms with Gasteiger partial charge >= 0.3 is 0 Å². The first-order valence-electron chi connectivity index (χ1n) is 5.21. The molecule has 3 nitrogen and oxygen atoms in total. The fourth-order valence-corrected chi connectivity index (χ4v) is 2.37. The fourth-order valence-electron chi connectivity index (χ4n) is 2.37. The van der Waals surface area contributed by atoms with E-state index in [9.17, 15) is 0 Å². The van der Waals surface area contributed by atoms with Crippen molar-refractivity contribution in [3.63, 3.8) is 0 Å². The van der Waals surface area contributed by atoms with E-state index in [0.717, 1.165) is 36.1 Å². The zero-order valence-corrected chi connectivity index (χ0v) is 8.33. The van der Waals surface area contributed by atoms with Gasteiger partial charge in [-0.3, -0.25) is 0 Å². The van der Waals surface area contributed by atoms with Gasteiger partial charge < -0.3 is 10.2 Å². The number of para-hydroxylation sites is 1. The molecule has 0 radical (unpaired) electrons. The van der Waals surface area contributed by atoms with Crippen molar-refractivity contribution in [2.45, 2.75) is 19.3 Å². The van der Waals surface area contributed by atoms with E-state index in [1.165, 1.54) is 11.1 Å². The molecule has 1 aromatic heterocycles. The molecule has 3 rings (SSSR count). The highest BCUT2D eigenvalue weighted by molar-refractivity contribution is 6.12. The Kier molecular flexibility index (Phi) is 1.78. The molecular formula is C12H12N2O. The lowest BCUT2D eigenvalue weighted by Crippen LogP contribution is -2.10. The minimum Gasteiger partial charge on any atom is -0.411 e. The average molecular weight is 200 g/mol. The van der Waals surface area contributed by atoms with Crippen LogP contribution in [-0.2, 0) is 6.42 Å². The van der Waals surface area contributed by atoms with Gasteiger partial charge in [-0.1, -0.05) is 23.4 Å². The van der Waals surface area contributed by atoms with Gasteiger partial charge in [-0.25, -0.2) is 0 Å². The normalized spacial score (nSPS) is 18.3. The molecule has 0 spiro atoms. The van der Waals surface area contributed by atoms with Crippen LogP contribution in [0, 0.1) is 0 Å². The van der Waals surface area contributed by atoms with Crippen molar-refractivity contribution in [2.75, 3.05) is 0 Å². The van der Waals surface area contributed by atoms with Crippen molar-refractivity contribution in [1.29, 1.82) is 0 Å². The van der Waals surface area contributed by atoms with E-state index < -0.39 is 0 Å². The van der Waals surface area contributed by atoms with Gasteiger partial charge in [0.15, 0.2) is 0 Å². The van der Waals surface area contributed by atoms with Crippen LogP contribution < -0.4 is 0 Å². The molecule has 1 heterocycles. The second-order valence-electron chi connectivity index (χ2n) is 3.92. The van der Waals surface area contributed by atoms with Gasteiger partial charge in [0.05, 0.1) is 5.71 Å². The molecule has 0 saturated carbocycles. The van der Waals surface area contributed by atoms with Crippen LogP contribution in [0.25, 0.3) is 10.9 Å². The van der Waals surface area contributed by atoms with Gasteiger partial charge in [-0.2, -0.15) is 0 Å². The van der Waals surface area contributed by atoms with Crippen molar-refractivity contribution >= 4 is 16.6 Å². The highest BCUT2D eigenvalue weighted by atomic mass is 16.4. The standard InChI is InChI=1S/C12H12N2O/c15-14-11-7-3-6-10-12(11)8-4-1-2-5-9(8)13-10/h1-2,4-5,13,15H,3,6-7H2. The predicted molar refractivity (Wildman–Crippen MR) is 59.6 cm³/mol. The van der Waals surface area contributed by atoms with Crippen LogP contribution in [0.3, 0.4) is 0 Å². The van der Waals surface area contributed by atoms with E-state index in [2.05, 4.69) is 22.3 Å². The molecule has 0 bridgehead atoms. The maximum atomic E-state index is 8.99. The lowest BCUT2D eigenvalue weighted by Gasteiger charge is -2.12. The number of benzene rings is 1. The number of H-pyrrole nitrogens is 1. The van der Waals surface area contributed by atoms with Crippen LogP contribution in [-0.4, -0.2) is 15.9 Å². The largest absolute Gasteiger partial charge is 0.411 e. The zero-order valence-electron chi connectivity index (χ0n) is 8.33. The van der Waals surface area contributed by atoms with Crippen molar-refractivity contribution in [3.05, 3.63) is 35.5 Å². The smallest absolute Gasteiger partial charge is 0.0892 e. The van der Waals surface area contributed by atoms with Crippen LogP contribution in [0.4, 0.5) is 0 Å². The number of oxime groups is 1. The molecule has 0 aliphatic heterocycles. The monoisotopic (exact) mass is 200 g/mol. The number of nitrogens with zero attached hydrogens (tertiary/aromatic N) is 1. The third-order valence-corrected chi connectivity index (χ3v) is 3.03. The fraction of sp³-hybridized carbons (Fsp3) is 0.250. The summed E-state index contributed by atoms with van der Waals surface area (Å²) in [4.78, 5) is 3.39. The summed E-state index contributed by atoms with van der Waals surface area (Å²) in [5.74, 6) is 0. The summed E-state index contributed by atoms with van der Waals surface area (Å²) in [6.07, 6.45) is 2.97. The van der Waals surface area contributed by atoms with E-state index in [1.807, 2.05) is 12.1 Å². The van der Waals surface area contributed by atoms with Crippen molar-refractivity contribution in [3.8, 4) is 0 Å². The van der Waals surface area contributed by atoms with E-state index in [4.69, 9.17) is 5.21 Å². The van der Waals surface area contributed by atoms with Gasteiger partial charge in [0.25, 0.3) is 0 Å². The molecule has 2 N–H and O–H groups in total. The highest BCUT2D eigenvalue weighted by Crippen LogP contribution is 2.29. The molecule has 2 aromatic rings. The molecule has 0 unspecified atom stereocenters. The van der Waals surface area contributed by atoms with Crippen LogP contribution in [0.15, 0.2) is 29.4 Å². The van der Waals surface area contributed by atoms with E-state index in [0.29, 0.717) is 0 Å². The van der Waals surface area contributed by atoms with E-state index >= 15 is 0 Å². The first-order chi connectivity index (χ1) is 7.40. The van der Waals surface area contributed by atoms with Gasteiger partial charge in [0.2, 0.25) is 0 Å². The van der Waals surface area contributed by atoms with E-state index in [-0.39, 0.29) is 0 Å². The van der Waals surface area contributed by atoms with Crippen LogP contribution in [0.5, 0.6) is 0 Å². The molecule has 1 aliphatic carbocycles. The van der Waals surface area contributed by atoms with Crippen molar-refractivity contribution < 1.29 is 5.21 Å². The Morgan fingerprint density at radius 3 is 2.93 bits per heavy atom. The molecule has 0 amide bonds. The zero-order chi connectivity index (χ0) is 10.3. The molecule has 1 aliphatic rings. The Bertz CT molecular complexity index is 540. The van der Waals surface area contributed by atoms with Gasteiger partial charge in [0.1, 0.15) is 0 Å². The molecule has 76 valence electrons. The number of nitrogens with one attached hydrogen (secondary N) is 1. The quantitative estimate of drug-likeness (QED) is 0.498. The first-order valence-corrected chi connectivity index (χ1v) is 5.21. The lowest BCUT2D eigenvalue weighted by molar-refractivity contribution is 0.317. The number of hydrogen-bond acceptors (Lipinski definition) is 2. The Labute approximate surface area is 87.4 Å². The summed E-state index contributed by atoms with van der Waals surface area (Å²) in [6, 6.07) is 8.16. The molecule has 0 saturated heterocycles. The molecule has 15 heavy (non-hydrogen) atoms. The molecular weight excluding hydrogens is 188 g/mol. The summed E-state index contributed by atoms with van der Waals surface area (Å²) < 4.78 is 0. The maximum Gasteiger partial charge on any atom is 0.0892 e. The Morgan fingerprint density at radius 2 is 2.07 bits per heavy atom. The number of hydrogen-bond donors (Lipinski definition) is 2. The van der Waals surface area contributed by atoms with Gasteiger partial charge in [-0.15, -0.1) is 0 Å². The number of aryl methyl sites for hydroxylation is 1. The Balaban J connectivity index is 2.37. The predicted octanol–water partition coefficient (Wildman–Crippen LogP) is 2.68. The summed E-state index contributed by atoms with van der Waals surface area (Å²) >= 11 is 0. The summed E-state index contributed by atoms with van der Waals surface area (Å²) in [5, 5.41) is 13.6. The topological polar surface area (TPSA) is 48.4 Å². The second-order valence-corrected chi connectivity index (χ2v) is 3.92. The number of rotatable bonds is 0. The third kappa shape index (κ3) is 1.16. The Morgan fingerprint density at radius 1 is 1.20 bits per heavy atom. The second kappa shape index (κ2) is 3.12. The van der Waals surface area contributed by atoms with E-state index in [1.54, 1.807) is 0 Å². The SMILES string of the molecule is ON=C1CCCc2[nH]c3ccccc3c21. The number of fused-ring (bicyclic) bond motifs is 3. The summed E-state index contributed by atoms with van der Waals surface area (Å²) in [6.45, 7) is 0. The molecule has 0 atom stereocenters. The summed E-state index contributed by atoms with van der Waals surface area (Å²) in [5.41, 5.74) is 4.26. The molecule has 3 heteroatoms. The first kappa shape index (κ1) is 8.53. The number of aromatic amines is 1. The Hall–Kier alpha value is -1.77. The van der Waals surface area contributed by atoms with Gasteiger partial charge in [0, 0.05) is 22.2 Å². The molecule has 1 aromatic carbocycles. The summed E-state index contributed by atoms with van der Waals surface area (Å²) in [7, 11) is 0. The average Bonchev–Trinajstić information content (AvgIpc) is 2.67. The minimum absolute atomic E-state index is 0.814.